The normalized spacial score (nSPS) is 12.2. The van der Waals surface area contributed by atoms with Gasteiger partial charge in [-0.25, -0.2) is 4.79 Å². The highest BCUT2D eigenvalue weighted by Gasteiger charge is 2.02. The number of urea groups is 1. The van der Waals surface area contributed by atoms with Gasteiger partial charge in [-0.15, -0.1) is 11.3 Å². The van der Waals surface area contributed by atoms with Crippen molar-refractivity contribution < 1.29 is 9.90 Å². The first-order valence-electron chi connectivity index (χ1n) is 4.50. The first-order chi connectivity index (χ1) is 7.08. The molecule has 1 heterocycles. The smallest absolute Gasteiger partial charge is 0.315 e. The van der Waals surface area contributed by atoms with Gasteiger partial charge in [0.25, 0.3) is 0 Å². The van der Waals surface area contributed by atoms with Crippen molar-refractivity contribution in [1.29, 1.82) is 0 Å². The summed E-state index contributed by atoms with van der Waals surface area (Å²) in [4.78, 5) is 11.2. The summed E-state index contributed by atoms with van der Waals surface area (Å²) in [5, 5.41) is 16.2. The first-order valence-corrected chi connectivity index (χ1v) is 6.18. The van der Waals surface area contributed by atoms with Gasteiger partial charge in [-0.2, -0.15) is 0 Å². The van der Waals surface area contributed by atoms with E-state index in [2.05, 4.69) is 26.6 Å². The van der Waals surface area contributed by atoms with Crippen LogP contribution < -0.4 is 10.6 Å². The Hall–Kier alpha value is -0.590. The number of hydrogen-bond acceptors (Lipinski definition) is 3. The number of amides is 2. The summed E-state index contributed by atoms with van der Waals surface area (Å²) in [6.07, 6.45) is -0.522. The van der Waals surface area contributed by atoms with Crippen molar-refractivity contribution in [2.24, 2.45) is 0 Å². The van der Waals surface area contributed by atoms with Crippen molar-refractivity contribution >= 4 is 33.3 Å². The number of thiophene rings is 1. The number of nitrogens with one attached hydrogen (secondary N) is 2. The second kappa shape index (κ2) is 6.09. The second-order valence-electron chi connectivity index (χ2n) is 3.17. The number of carbonyl (C=O) groups excluding carboxylic acids is 1. The molecule has 0 aromatic carbocycles. The quantitative estimate of drug-likeness (QED) is 0.791. The molecule has 1 aromatic heterocycles. The predicted molar refractivity (Wildman–Crippen MR) is 63.9 cm³/mol. The van der Waals surface area contributed by atoms with Crippen molar-refractivity contribution in [3.05, 3.63) is 20.8 Å². The zero-order chi connectivity index (χ0) is 11.3. The summed E-state index contributed by atoms with van der Waals surface area (Å²) in [7, 11) is 0. The third kappa shape index (κ3) is 5.15. The maximum atomic E-state index is 11.2. The summed E-state index contributed by atoms with van der Waals surface area (Å²) >= 11 is 4.93. The molecule has 1 aromatic rings. The van der Waals surface area contributed by atoms with Crippen LogP contribution in [0.15, 0.2) is 15.2 Å². The Bertz CT molecular complexity index is 328. The lowest BCUT2D eigenvalue weighted by Crippen LogP contribution is -2.38. The van der Waals surface area contributed by atoms with Crippen LogP contribution in [0.5, 0.6) is 0 Å². The Labute approximate surface area is 101 Å². The van der Waals surface area contributed by atoms with Crippen molar-refractivity contribution in [1.82, 2.24) is 10.6 Å². The lowest BCUT2D eigenvalue weighted by atomic mass is 10.3. The zero-order valence-electron chi connectivity index (χ0n) is 8.29. The van der Waals surface area contributed by atoms with E-state index in [0.29, 0.717) is 6.54 Å². The van der Waals surface area contributed by atoms with E-state index < -0.39 is 6.10 Å². The van der Waals surface area contributed by atoms with E-state index >= 15 is 0 Å². The number of rotatable bonds is 4. The Kier molecular flexibility index (Phi) is 5.07. The van der Waals surface area contributed by atoms with Crippen molar-refractivity contribution in [3.63, 3.8) is 0 Å². The summed E-state index contributed by atoms with van der Waals surface area (Å²) in [6.45, 7) is 2.38. The van der Waals surface area contributed by atoms with Crippen LogP contribution in [0.4, 0.5) is 4.79 Å². The van der Waals surface area contributed by atoms with Crippen LogP contribution in [-0.4, -0.2) is 23.8 Å². The highest BCUT2D eigenvalue weighted by molar-refractivity contribution is 9.11. The minimum atomic E-state index is -0.522. The molecular formula is C9H13BrN2O2S. The van der Waals surface area contributed by atoms with Crippen molar-refractivity contribution in [3.8, 4) is 0 Å². The average molecular weight is 293 g/mol. The molecular weight excluding hydrogens is 280 g/mol. The van der Waals surface area contributed by atoms with Gasteiger partial charge < -0.3 is 15.7 Å². The van der Waals surface area contributed by atoms with Crippen LogP contribution in [-0.2, 0) is 6.54 Å². The molecule has 0 saturated carbocycles. The van der Waals surface area contributed by atoms with Gasteiger partial charge in [0.05, 0.1) is 9.89 Å². The summed E-state index contributed by atoms with van der Waals surface area (Å²) in [6, 6.07) is 1.69. The number of hydrogen-bond donors (Lipinski definition) is 3. The van der Waals surface area contributed by atoms with Gasteiger partial charge in [-0.05, 0) is 39.9 Å². The number of aliphatic hydroxyl groups excluding tert-OH is 1. The van der Waals surface area contributed by atoms with E-state index in [4.69, 9.17) is 5.11 Å². The molecule has 3 N–H and O–H groups in total. The maximum Gasteiger partial charge on any atom is 0.315 e. The molecule has 0 bridgehead atoms. The van der Waals surface area contributed by atoms with E-state index in [1.54, 1.807) is 18.3 Å². The lowest BCUT2D eigenvalue weighted by molar-refractivity contribution is 0.187. The maximum absolute atomic E-state index is 11.2. The van der Waals surface area contributed by atoms with Crippen LogP contribution in [0.1, 0.15) is 12.5 Å². The molecule has 0 aliphatic rings. The topological polar surface area (TPSA) is 61.4 Å². The van der Waals surface area contributed by atoms with E-state index in [1.165, 1.54) is 0 Å². The fraction of sp³-hybridized carbons (Fsp3) is 0.444. The fourth-order valence-corrected chi connectivity index (χ4v) is 2.13. The van der Waals surface area contributed by atoms with Gasteiger partial charge >= 0.3 is 6.03 Å². The summed E-state index contributed by atoms with van der Waals surface area (Å²) < 4.78 is 1.05. The molecule has 2 amide bonds. The van der Waals surface area contributed by atoms with Gasteiger partial charge in [-0.3, -0.25) is 0 Å². The Morgan fingerprint density at radius 1 is 1.67 bits per heavy atom. The largest absolute Gasteiger partial charge is 0.392 e. The van der Waals surface area contributed by atoms with E-state index in [0.717, 1.165) is 9.35 Å². The van der Waals surface area contributed by atoms with Gasteiger partial charge in [0, 0.05) is 13.1 Å². The molecule has 0 aliphatic carbocycles. The molecule has 0 spiro atoms. The van der Waals surface area contributed by atoms with Crippen LogP contribution >= 0.6 is 27.3 Å². The third-order valence-electron chi connectivity index (χ3n) is 1.63. The number of halogens is 1. The van der Waals surface area contributed by atoms with Crippen LogP contribution in [0, 0.1) is 0 Å². The molecule has 0 saturated heterocycles. The van der Waals surface area contributed by atoms with Crippen LogP contribution in [0.3, 0.4) is 0 Å². The average Bonchev–Trinajstić information content (AvgIpc) is 2.58. The molecule has 0 fully saturated rings. The van der Waals surface area contributed by atoms with Gasteiger partial charge in [-0.1, -0.05) is 0 Å². The second-order valence-corrected chi connectivity index (χ2v) is 5.46. The van der Waals surface area contributed by atoms with Crippen LogP contribution in [0.25, 0.3) is 0 Å². The first kappa shape index (κ1) is 12.5. The molecule has 1 atom stereocenters. The molecule has 6 heteroatoms. The Morgan fingerprint density at radius 2 is 2.40 bits per heavy atom. The molecule has 1 rings (SSSR count). The fourth-order valence-electron chi connectivity index (χ4n) is 0.924. The Morgan fingerprint density at radius 3 is 2.93 bits per heavy atom. The van der Waals surface area contributed by atoms with Crippen molar-refractivity contribution in [2.45, 2.75) is 19.6 Å². The minimum absolute atomic E-state index is 0.263. The van der Waals surface area contributed by atoms with Gasteiger partial charge in [0.2, 0.25) is 0 Å². The summed E-state index contributed by atoms with van der Waals surface area (Å²) in [5.74, 6) is 0. The Balaban J connectivity index is 2.22. The molecule has 0 aliphatic heterocycles. The lowest BCUT2D eigenvalue weighted by Gasteiger charge is -2.07. The zero-order valence-corrected chi connectivity index (χ0v) is 10.7. The molecule has 4 nitrogen and oxygen atoms in total. The third-order valence-corrected chi connectivity index (χ3v) is 3.19. The molecule has 84 valence electrons. The minimum Gasteiger partial charge on any atom is -0.392 e. The highest BCUT2D eigenvalue weighted by Crippen LogP contribution is 2.20. The molecule has 0 radical (unpaired) electrons. The summed E-state index contributed by atoms with van der Waals surface area (Å²) in [5.41, 5.74) is 1.05. The SMILES string of the molecule is C[C@H](O)CNC(=O)NCc1csc(Br)c1. The molecule has 15 heavy (non-hydrogen) atoms. The van der Waals surface area contributed by atoms with Gasteiger partial charge in [0.15, 0.2) is 0 Å². The van der Waals surface area contributed by atoms with E-state index in [9.17, 15) is 4.79 Å². The standard InChI is InChI=1S/C9H13BrN2O2S/c1-6(13)3-11-9(14)12-4-7-2-8(10)15-5-7/h2,5-6,13H,3-4H2,1H3,(H2,11,12,14)/t6-/m0/s1. The number of aliphatic hydroxyl groups is 1. The van der Waals surface area contributed by atoms with E-state index in [-0.39, 0.29) is 12.6 Å². The number of carbonyl (C=O) groups is 1. The van der Waals surface area contributed by atoms with E-state index in [1.807, 2.05) is 11.4 Å². The van der Waals surface area contributed by atoms with Crippen molar-refractivity contribution in [2.75, 3.05) is 6.54 Å². The highest BCUT2D eigenvalue weighted by atomic mass is 79.9. The van der Waals surface area contributed by atoms with Crippen LogP contribution in [0.2, 0.25) is 0 Å². The molecule has 0 unspecified atom stereocenters. The predicted octanol–water partition coefficient (Wildman–Crippen LogP) is 1.69. The van der Waals surface area contributed by atoms with Gasteiger partial charge in [0.1, 0.15) is 0 Å². The monoisotopic (exact) mass is 292 g/mol.